The zero-order valence-corrected chi connectivity index (χ0v) is 9.44. The molecule has 1 atom stereocenters. The highest BCUT2D eigenvalue weighted by Gasteiger charge is 2.33. The average molecular weight is 253 g/mol. The summed E-state index contributed by atoms with van der Waals surface area (Å²) >= 11 is 5.47. The average Bonchev–Trinajstić information content (AvgIpc) is 2.14. The molecule has 1 N–H and O–H groups in total. The first-order valence-corrected chi connectivity index (χ1v) is 5.22. The Morgan fingerprint density at radius 3 is 2.50 bits per heavy atom. The van der Waals surface area contributed by atoms with E-state index in [9.17, 15) is 13.2 Å². The maximum Gasteiger partial charge on any atom is 0.417 e. The Hall–Kier alpha value is -0.740. The van der Waals surface area contributed by atoms with Crippen molar-refractivity contribution in [3.05, 3.63) is 34.3 Å². The third kappa shape index (κ3) is 3.68. The first-order valence-electron chi connectivity index (χ1n) is 4.84. The van der Waals surface area contributed by atoms with Gasteiger partial charge in [-0.3, -0.25) is 0 Å². The summed E-state index contributed by atoms with van der Waals surface area (Å²) in [7, 11) is 0. The molecule has 1 unspecified atom stereocenters. The van der Waals surface area contributed by atoms with Gasteiger partial charge in [-0.1, -0.05) is 17.7 Å². The van der Waals surface area contributed by atoms with Crippen LogP contribution < -0.4 is 0 Å². The molecule has 1 nitrogen and oxygen atoms in total. The molecule has 5 heteroatoms. The first-order chi connectivity index (χ1) is 7.30. The molecule has 1 rings (SSSR count). The lowest BCUT2D eigenvalue weighted by Crippen LogP contribution is -2.07. The van der Waals surface area contributed by atoms with Crippen LogP contribution in [0.25, 0.3) is 0 Å². The minimum Gasteiger partial charge on any atom is -0.393 e. The van der Waals surface area contributed by atoms with Gasteiger partial charge in [-0.2, -0.15) is 13.2 Å². The van der Waals surface area contributed by atoms with Gasteiger partial charge in [0.05, 0.1) is 16.7 Å². The number of hydrogen-bond donors (Lipinski definition) is 1. The molecule has 0 bridgehead atoms. The Kier molecular flexibility index (Phi) is 4.21. The smallest absolute Gasteiger partial charge is 0.393 e. The summed E-state index contributed by atoms with van der Waals surface area (Å²) < 4.78 is 37.5. The zero-order valence-electron chi connectivity index (χ0n) is 8.68. The number of aryl methyl sites for hydroxylation is 1. The number of halogens is 4. The van der Waals surface area contributed by atoms with Gasteiger partial charge in [0.2, 0.25) is 0 Å². The molecule has 0 saturated heterocycles. The highest BCUT2D eigenvalue weighted by molar-refractivity contribution is 6.31. The standard InChI is InChI=1S/C11H12ClF3O/c1-7(16)2-3-8-4-5-10(12)9(6-8)11(13,14)15/h4-7,16H,2-3H2,1H3. The van der Waals surface area contributed by atoms with E-state index >= 15 is 0 Å². The number of hydrogen-bond acceptors (Lipinski definition) is 1. The van der Waals surface area contributed by atoms with E-state index in [2.05, 4.69) is 0 Å². The van der Waals surface area contributed by atoms with Crippen molar-refractivity contribution in [2.45, 2.75) is 32.0 Å². The lowest BCUT2D eigenvalue weighted by Gasteiger charge is -2.11. The molecule has 1 aromatic rings. The van der Waals surface area contributed by atoms with Gasteiger partial charge >= 0.3 is 6.18 Å². The molecular weight excluding hydrogens is 241 g/mol. The molecule has 0 aromatic heterocycles. The molecular formula is C11H12ClF3O. The van der Waals surface area contributed by atoms with Crippen LogP contribution in [0.15, 0.2) is 18.2 Å². The minimum absolute atomic E-state index is 0.298. The van der Waals surface area contributed by atoms with E-state index in [0.29, 0.717) is 18.4 Å². The number of aliphatic hydroxyl groups excluding tert-OH is 1. The third-order valence-electron chi connectivity index (χ3n) is 2.19. The van der Waals surface area contributed by atoms with Gasteiger partial charge in [0.25, 0.3) is 0 Å². The molecule has 0 radical (unpaired) electrons. The van der Waals surface area contributed by atoms with Gasteiger partial charge in [-0.25, -0.2) is 0 Å². The van der Waals surface area contributed by atoms with Crippen LogP contribution in [0.1, 0.15) is 24.5 Å². The quantitative estimate of drug-likeness (QED) is 0.870. The van der Waals surface area contributed by atoms with Crippen LogP contribution in [-0.2, 0) is 12.6 Å². The molecule has 0 aliphatic rings. The molecule has 0 fully saturated rings. The van der Waals surface area contributed by atoms with Crippen molar-refractivity contribution in [1.29, 1.82) is 0 Å². The third-order valence-corrected chi connectivity index (χ3v) is 2.52. The molecule has 0 amide bonds. The number of alkyl halides is 3. The summed E-state index contributed by atoms with van der Waals surface area (Å²) in [6.07, 6.45) is -4.13. The molecule has 0 spiro atoms. The van der Waals surface area contributed by atoms with Crippen molar-refractivity contribution in [3.63, 3.8) is 0 Å². The molecule has 16 heavy (non-hydrogen) atoms. The van der Waals surface area contributed by atoms with Crippen LogP contribution in [0.4, 0.5) is 13.2 Å². The van der Waals surface area contributed by atoms with E-state index in [-0.39, 0.29) is 5.02 Å². The highest BCUT2D eigenvalue weighted by atomic mass is 35.5. The van der Waals surface area contributed by atoms with Crippen molar-refractivity contribution in [1.82, 2.24) is 0 Å². The van der Waals surface area contributed by atoms with Gasteiger partial charge in [-0.05, 0) is 37.5 Å². The maximum absolute atomic E-state index is 12.5. The molecule has 0 aliphatic carbocycles. The predicted octanol–water partition coefficient (Wildman–Crippen LogP) is 3.67. The monoisotopic (exact) mass is 252 g/mol. The van der Waals surface area contributed by atoms with Crippen molar-refractivity contribution < 1.29 is 18.3 Å². The molecule has 0 aliphatic heterocycles. The van der Waals surface area contributed by atoms with E-state index in [0.717, 1.165) is 6.07 Å². The summed E-state index contributed by atoms with van der Waals surface area (Å²) in [5.74, 6) is 0. The molecule has 1 aromatic carbocycles. The van der Waals surface area contributed by atoms with E-state index in [4.69, 9.17) is 16.7 Å². The van der Waals surface area contributed by atoms with Crippen molar-refractivity contribution in [3.8, 4) is 0 Å². The Bertz CT molecular complexity index is 361. The zero-order chi connectivity index (χ0) is 12.3. The maximum atomic E-state index is 12.5. The van der Waals surface area contributed by atoms with E-state index in [1.54, 1.807) is 13.0 Å². The van der Waals surface area contributed by atoms with Crippen molar-refractivity contribution >= 4 is 11.6 Å². The van der Waals surface area contributed by atoms with Crippen molar-refractivity contribution in [2.75, 3.05) is 0 Å². The van der Waals surface area contributed by atoms with E-state index in [1.165, 1.54) is 6.07 Å². The second-order valence-corrected chi connectivity index (χ2v) is 4.11. The van der Waals surface area contributed by atoms with Crippen LogP contribution in [0, 0.1) is 0 Å². The van der Waals surface area contributed by atoms with E-state index in [1.807, 2.05) is 0 Å². The van der Waals surface area contributed by atoms with E-state index < -0.39 is 17.8 Å². The lowest BCUT2D eigenvalue weighted by molar-refractivity contribution is -0.137. The fourth-order valence-electron chi connectivity index (χ4n) is 1.32. The van der Waals surface area contributed by atoms with Crippen LogP contribution in [0.2, 0.25) is 5.02 Å². The van der Waals surface area contributed by atoms with Gasteiger partial charge in [-0.15, -0.1) is 0 Å². The molecule has 0 heterocycles. The van der Waals surface area contributed by atoms with Gasteiger partial charge in [0.15, 0.2) is 0 Å². The fraction of sp³-hybridized carbons (Fsp3) is 0.455. The Morgan fingerprint density at radius 2 is 2.00 bits per heavy atom. The topological polar surface area (TPSA) is 20.2 Å². The number of benzene rings is 1. The minimum atomic E-state index is -4.43. The lowest BCUT2D eigenvalue weighted by atomic mass is 10.0. The first kappa shape index (κ1) is 13.3. The van der Waals surface area contributed by atoms with Gasteiger partial charge in [0.1, 0.15) is 0 Å². The van der Waals surface area contributed by atoms with Crippen molar-refractivity contribution in [2.24, 2.45) is 0 Å². The molecule has 0 saturated carbocycles. The summed E-state index contributed by atoms with van der Waals surface area (Å²) in [6.45, 7) is 1.60. The normalized spacial score (nSPS) is 13.9. The SMILES string of the molecule is CC(O)CCc1ccc(Cl)c(C(F)(F)F)c1. The summed E-state index contributed by atoms with van der Waals surface area (Å²) in [5, 5.41) is 8.75. The van der Waals surface area contributed by atoms with Gasteiger partial charge < -0.3 is 5.11 Å². The second-order valence-electron chi connectivity index (χ2n) is 3.70. The number of aliphatic hydroxyl groups is 1. The van der Waals surface area contributed by atoms with Crippen LogP contribution in [-0.4, -0.2) is 11.2 Å². The largest absolute Gasteiger partial charge is 0.417 e. The number of rotatable bonds is 3. The van der Waals surface area contributed by atoms with Gasteiger partial charge in [0, 0.05) is 0 Å². The Morgan fingerprint density at radius 1 is 1.38 bits per heavy atom. The predicted molar refractivity (Wildman–Crippen MR) is 56.5 cm³/mol. The summed E-state index contributed by atoms with van der Waals surface area (Å²) in [5.41, 5.74) is -0.296. The summed E-state index contributed by atoms with van der Waals surface area (Å²) in [6, 6.07) is 3.81. The molecule has 90 valence electrons. The van der Waals surface area contributed by atoms with Crippen LogP contribution in [0.5, 0.6) is 0 Å². The Labute approximate surface area is 96.9 Å². The van der Waals surface area contributed by atoms with Crippen LogP contribution >= 0.6 is 11.6 Å². The Balaban J connectivity index is 2.90. The highest BCUT2D eigenvalue weighted by Crippen LogP contribution is 2.35. The fourth-order valence-corrected chi connectivity index (χ4v) is 1.55. The summed E-state index contributed by atoms with van der Waals surface area (Å²) in [4.78, 5) is 0. The second kappa shape index (κ2) is 5.06. The van der Waals surface area contributed by atoms with Crippen LogP contribution in [0.3, 0.4) is 0 Å².